The highest BCUT2D eigenvalue weighted by Crippen LogP contribution is 2.12. The van der Waals surface area contributed by atoms with Crippen LogP contribution in [0.2, 0.25) is 0 Å². The molecule has 2 rings (SSSR count). The lowest BCUT2D eigenvalue weighted by atomic mass is 10.2. The Morgan fingerprint density at radius 1 is 1.15 bits per heavy atom. The van der Waals surface area contributed by atoms with E-state index in [2.05, 4.69) is 20.9 Å². The van der Waals surface area contributed by atoms with Crippen LogP contribution in [0.4, 0.5) is 10.1 Å². The molecule has 1 amide bonds. The molecule has 0 atom stereocenters. The molecular weight excluding hydrogens is 450 g/mol. The second-order valence-electron chi connectivity index (χ2n) is 5.19. The molecule has 0 radical (unpaired) electrons. The molecule has 2 aromatic rings. The second-order valence-corrected chi connectivity index (χ2v) is 5.19. The topological polar surface area (TPSA) is 74.8 Å². The van der Waals surface area contributed by atoms with E-state index < -0.39 is 0 Å². The second kappa shape index (κ2) is 11.3. The lowest BCUT2D eigenvalue weighted by Crippen LogP contribution is -2.41. The largest absolute Gasteiger partial charge is 0.497 e. The summed E-state index contributed by atoms with van der Waals surface area (Å²) in [4.78, 5) is 16.0. The highest BCUT2D eigenvalue weighted by molar-refractivity contribution is 14.0. The van der Waals surface area contributed by atoms with Gasteiger partial charge in [-0.2, -0.15) is 0 Å². The van der Waals surface area contributed by atoms with Gasteiger partial charge in [-0.25, -0.2) is 4.39 Å². The molecule has 0 spiro atoms. The molecule has 6 nitrogen and oxygen atoms in total. The quantitative estimate of drug-likeness (QED) is 0.344. The van der Waals surface area contributed by atoms with E-state index in [1.165, 1.54) is 24.3 Å². The number of aliphatic imine (C=N–C) groups is 1. The number of guanidine groups is 1. The summed E-state index contributed by atoms with van der Waals surface area (Å²) >= 11 is 0. The van der Waals surface area contributed by atoms with Crippen LogP contribution in [0.5, 0.6) is 5.75 Å². The lowest BCUT2D eigenvalue weighted by molar-refractivity contribution is -0.115. The normalized spacial score (nSPS) is 10.5. The first-order chi connectivity index (χ1) is 12.1. The van der Waals surface area contributed by atoms with Crippen molar-refractivity contribution in [3.63, 3.8) is 0 Å². The highest BCUT2D eigenvalue weighted by atomic mass is 127. The number of nitrogens with zero attached hydrogens (tertiary/aromatic N) is 1. The van der Waals surface area contributed by atoms with E-state index in [9.17, 15) is 9.18 Å². The minimum Gasteiger partial charge on any atom is -0.497 e. The number of halogens is 2. The first-order valence-corrected chi connectivity index (χ1v) is 7.73. The van der Waals surface area contributed by atoms with Crippen LogP contribution in [0.1, 0.15) is 5.56 Å². The van der Waals surface area contributed by atoms with Gasteiger partial charge in [-0.15, -0.1) is 24.0 Å². The molecule has 0 aliphatic rings. The molecule has 0 aromatic heterocycles. The number of benzene rings is 2. The van der Waals surface area contributed by atoms with Crippen LogP contribution in [0, 0.1) is 5.82 Å². The molecule has 0 aliphatic heterocycles. The molecule has 0 unspecified atom stereocenters. The van der Waals surface area contributed by atoms with Crippen molar-refractivity contribution < 1.29 is 13.9 Å². The van der Waals surface area contributed by atoms with E-state index in [0.29, 0.717) is 18.2 Å². The predicted octanol–water partition coefficient (Wildman–Crippen LogP) is 2.76. The van der Waals surface area contributed by atoms with E-state index in [-0.39, 0.29) is 42.2 Å². The first kappa shape index (κ1) is 21.7. The Hall–Kier alpha value is -2.36. The number of ether oxygens (including phenoxy) is 1. The molecule has 2 aromatic carbocycles. The van der Waals surface area contributed by atoms with E-state index >= 15 is 0 Å². The number of methoxy groups -OCH3 is 1. The molecule has 0 fully saturated rings. The number of hydrogen-bond acceptors (Lipinski definition) is 3. The summed E-state index contributed by atoms with van der Waals surface area (Å²) in [7, 11) is 3.24. The fraction of sp³-hybridized carbons (Fsp3) is 0.222. The third-order valence-corrected chi connectivity index (χ3v) is 3.36. The summed E-state index contributed by atoms with van der Waals surface area (Å²) in [6.45, 7) is 0.575. The van der Waals surface area contributed by atoms with Gasteiger partial charge in [0.15, 0.2) is 5.96 Å². The summed E-state index contributed by atoms with van der Waals surface area (Å²) in [6.07, 6.45) is 0. The third-order valence-electron chi connectivity index (χ3n) is 3.36. The van der Waals surface area contributed by atoms with Gasteiger partial charge in [0.2, 0.25) is 5.91 Å². The molecule has 8 heteroatoms. The number of amides is 1. The minimum atomic E-state index is -0.349. The Morgan fingerprint density at radius 3 is 2.54 bits per heavy atom. The monoisotopic (exact) mass is 472 g/mol. The Balaban J connectivity index is 0.00000338. The van der Waals surface area contributed by atoms with Crippen molar-refractivity contribution in [3.8, 4) is 5.75 Å². The van der Waals surface area contributed by atoms with E-state index in [4.69, 9.17) is 4.74 Å². The Labute approximate surface area is 169 Å². The Kier molecular flexibility index (Phi) is 9.42. The maximum Gasteiger partial charge on any atom is 0.243 e. The molecule has 26 heavy (non-hydrogen) atoms. The molecule has 0 heterocycles. The van der Waals surface area contributed by atoms with Crippen molar-refractivity contribution >= 4 is 41.5 Å². The smallest absolute Gasteiger partial charge is 0.243 e. The molecule has 140 valence electrons. The number of carbonyl (C=O) groups is 1. The lowest BCUT2D eigenvalue weighted by Gasteiger charge is -2.12. The molecule has 0 bridgehead atoms. The standard InChI is InChI=1S/C18H21FN4O2.HI/c1-20-18(21-11-13-4-3-5-16(10-13)25-2)22-12-17(24)23-15-8-6-14(19)7-9-15;/h3-10H,11-12H2,1-2H3,(H,23,24)(H2,20,21,22);1H. The fourth-order valence-corrected chi connectivity index (χ4v) is 2.09. The predicted molar refractivity (Wildman–Crippen MR) is 112 cm³/mol. The third kappa shape index (κ3) is 7.26. The zero-order valence-electron chi connectivity index (χ0n) is 14.6. The van der Waals surface area contributed by atoms with Crippen LogP contribution in [0.3, 0.4) is 0 Å². The molecular formula is C18H22FIN4O2. The maximum absolute atomic E-state index is 12.8. The van der Waals surface area contributed by atoms with Crippen molar-refractivity contribution in [1.29, 1.82) is 0 Å². The van der Waals surface area contributed by atoms with Gasteiger partial charge in [-0.1, -0.05) is 12.1 Å². The molecule has 0 saturated carbocycles. The highest BCUT2D eigenvalue weighted by Gasteiger charge is 2.05. The summed E-state index contributed by atoms with van der Waals surface area (Å²) in [6, 6.07) is 13.2. The van der Waals surface area contributed by atoms with Crippen LogP contribution in [0.25, 0.3) is 0 Å². The summed E-state index contributed by atoms with van der Waals surface area (Å²) in [5, 5.41) is 8.71. The average molecular weight is 472 g/mol. The van der Waals surface area contributed by atoms with E-state index in [1.54, 1.807) is 14.2 Å². The molecule has 3 N–H and O–H groups in total. The summed E-state index contributed by atoms with van der Waals surface area (Å²) in [5.41, 5.74) is 1.56. The first-order valence-electron chi connectivity index (χ1n) is 7.73. The van der Waals surface area contributed by atoms with Gasteiger partial charge in [0, 0.05) is 19.3 Å². The van der Waals surface area contributed by atoms with Gasteiger partial charge in [-0.3, -0.25) is 9.79 Å². The van der Waals surface area contributed by atoms with Crippen LogP contribution in [0.15, 0.2) is 53.5 Å². The Bertz CT molecular complexity index is 738. The van der Waals surface area contributed by atoms with Gasteiger partial charge in [0.05, 0.1) is 13.7 Å². The number of anilines is 1. The summed E-state index contributed by atoms with van der Waals surface area (Å²) < 4.78 is 18.0. The molecule has 0 saturated heterocycles. The van der Waals surface area contributed by atoms with E-state index in [0.717, 1.165) is 11.3 Å². The van der Waals surface area contributed by atoms with Crippen LogP contribution < -0.4 is 20.7 Å². The van der Waals surface area contributed by atoms with Crippen molar-refractivity contribution in [2.24, 2.45) is 4.99 Å². The zero-order chi connectivity index (χ0) is 18.1. The van der Waals surface area contributed by atoms with E-state index in [1.807, 2.05) is 24.3 Å². The van der Waals surface area contributed by atoms with Gasteiger partial charge < -0.3 is 20.7 Å². The SMILES string of the molecule is CN=C(NCC(=O)Nc1ccc(F)cc1)NCc1cccc(OC)c1.I. The van der Waals surface area contributed by atoms with Crippen molar-refractivity contribution in [1.82, 2.24) is 10.6 Å². The zero-order valence-corrected chi connectivity index (χ0v) is 16.9. The summed E-state index contributed by atoms with van der Waals surface area (Å²) in [5.74, 6) is 0.673. The van der Waals surface area contributed by atoms with Crippen molar-refractivity contribution in [2.75, 3.05) is 26.0 Å². The average Bonchev–Trinajstić information content (AvgIpc) is 2.64. The Morgan fingerprint density at radius 2 is 1.88 bits per heavy atom. The van der Waals surface area contributed by atoms with Gasteiger partial charge in [-0.05, 0) is 42.0 Å². The van der Waals surface area contributed by atoms with Crippen LogP contribution in [-0.2, 0) is 11.3 Å². The van der Waals surface area contributed by atoms with Crippen molar-refractivity contribution in [2.45, 2.75) is 6.54 Å². The van der Waals surface area contributed by atoms with Crippen LogP contribution in [-0.4, -0.2) is 32.6 Å². The van der Waals surface area contributed by atoms with Crippen molar-refractivity contribution in [3.05, 3.63) is 59.9 Å². The minimum absolute atomic E-state index is 0. The van der Waals surface area contributed by atoms with Gasteiger partial charge in [0.25, 0.3) is 0 Å². The number of rotatable bonds is 6. The number of nitrogens with one attached hydrogen (secondary N) is 3. The number of hydrogen-bond donors (Lipinski definition) is 3. The van der Waals surface area contributed by atoms with Crippen LogP contribution >= 0.6 is 24.0 Å². The maximum atomic E-state index is 12.8. The fourth-order valence-electron chi connectivity index (χ4n) is 2.09. The number of carbonyl (C=O) groups excluding carboxylic acids is 1. The molecule has 0 aliphatic carbocycles. The van der Waals surface area contributed by atoms with Gasteiger partial charge in [0.1, 0.15) is 11.6 Å². The van der Waals surface area contributed by atoms with Gasteiger partial charge >= 0.3 is 0 Å².